The van der Waals surface area contributed by atoms with Gasteiger partial charge in [0.2, 0.25) is 0 Å². The van der Waals surface area contributed by atoms with Crippen LogP contribution in [0.25, 0.3) is 10.9 Å². The molecule has 0 saturated carbocycles. The van der Waals surface area contributed by atoms with Gasteiger partial charge in [-0.05, 0) is 45.9 Å². The van der Waals surface area contributed by atoms with Gasteiger partial charge in [0, 0.05) is 26.3 Å². The minimum atomic E-state index is -0.704. The second kappa shape index (κ2) is 8.85. The summed E-state index contributed by atoms with van der Waals surface area (Å²) in [4.78, 5) is 12.5. The van der Waals surface area contributed by atoms with Crippen LogP contribution in [0.15, 0.2) is 30.5 Å². The van der Waals surface area contributed by atoms with Crippen LogP contribution in [-0.2, 0) is 18.3 Å². The van der Waals surface area contributed by atoms with E-state index in [0.29, 0.717) is 30.0 Å². The van der Waals surface area contributed by atoms with Gasteiger partial charge >= 0.3 is 6.09 Å². The lowest BCUT2D eigenvalue weighted by Crippen LogP contribution is -2.31. The quantitative estimate of drug-likeness (QED) is 0.611. The first-order valence-corrected chi connectivity index (χ1v) is 9.86. The molecule has 30 heavy (non-hydrogen) atoms. The van der Waals surface area contributed by atoms with Gasteiger partial charge in [-0.2, -0.15) is 14.9 Å². The van der Waals surface area contributed by atoms with Crippen molar-refractivity contribution in [2.75, 3.05) is 13.2 Å². The summed E-state index contributed by atoms with van der Waals surface area (Å²) in [6.07, 6.45) is 0.624. The van der Waals surface area contributed by atoms with Crippen LogP contribution in [0.4, 0.5) is 4.79 Å². The number of fused-ring (bicyclic) bond motifs is 1. The van der Waals surface area contributed by atoms with Crippen molar-refractivity contribution < 1.29 is 19.4 Å². The van der Waals surface area contributed by atoms with E-state index in [4.69, 9.17) is 9.47 Å². The largest absolute Gasteiger partial charge is 0.490 e. The van der Waals surface area contributed by atoms with Crippen LogP contribution >= 0.6 is 0 Å². The summed E-state index contributed by atoms with van der Waals surface area (Å²) < 4.78 is 14.3. The van der Waals surface area contributed by atoms with E-state index in [0.717, 1.165) is 11.1 Å². The van der Waals surface area contributed by atoms with Gasteiger partial charge in [0.1, 0.15) is 24.1 Å². The number of nitrogens with zero attached hydrogens (tertiary/aromatic N) is 4. The number of rotatable bonds is 7. The zero-order valence-electron chi connectivity index (χ0n) is 18.0. The molecule has 162 valence electrons. The number of aromatic nitrogens is 4. The SMILES string of the molecule is Cc1nn(C(=O)OC(C)(C)C)c2cccc(OCC(O)CNCc3ccn(C)n3)c12. The first-order valence-electron chi connectivity index (χ1n) is 9.86. The number of hydrogen-bond donors (Lipinski definition) is 2. The van der Waals surface area contributed by atoms with Crippen LogP contribution in [-0.4, -0.2) is 55.6 Å². The standard InChI is InChI=1S/C21H29N5O4/c1-14-19-17(26(23-14)20(28)30-21(2,3)4)7-6-8-18(19)29-13-16(27)12-22-11-15-9-10-25(5)24-15/h6-10,16,22,27H,11-13H2,1-5H3. The van der Waals surface area contributed by atoms with Crippen molar-refractivity contribution in [3.63, 3.8) is 0 Å². The Morgan fingerprint density at radius 2 is 2.03 bits per heavy atom. The molecular weight excluding hydrogens is 386 g/mol. The normalized spacial score (nSPS) is 12.9. The van der Waals surface area contributed by atoms with Crippen molar-refractivity contribution in [2.45, 2.75) is 45.9 Å². The number of aliphatic hydroxyl groups excluding tert-OH is 1. The van der Waals surface area contributed by atoms with Crippen molar-refractivity contribution >= 4 is 17.0 Å². The number of benzene rings is 1. The molecule has 1 aromatic carbocycles. The minimum absolute atomic E-state index is 0.103. The van der Waals surface area contributed by atoms with Gasteiger partial charge in [0.25, 0.3) is 0 Å². The lowest BCUT2D eigenvalue weighted by molar-refractivity contribution is 0.0522. The summed E-state index contributed by atoms with van der Waals surface area (Å²) >= 11 is 0. The van der Waals surface area contributed by atoms with Crippen LogP contribution in [0.3, 0.4) is 0 Å². The summed E-state index contributed by atoms with van der Waals surface area (Å²) in [5.74, 6) is 0.559. The van der Waals surface area contributed by atoms with Crippen LogP contribution in [0.2, 0.25) is 0 Å². The van der Waals surface area contributed by atoms with Gasteiger partial charge in [0.05, 0.1) is 22.3 Å². The molecule has 0 spiro atoms. The fraction of sp³-hybridized carbons (Fsp3) is 0.476. The highest BCUT2D eigenvalue weighted by Gasteiger charge is 2.22. The Kier molecular flexibility index (Phi) is 6.42. The predicted molar refractivity (Wildman–Crippen MR) is 113 cm³/mol. The number of ether oxygens (including phenoxy) is 2. The van der Waals surface area contributed by atoms with E-state index < -0.39 is 17.8 Å². The van der Waals surface area contributed by atoms with E-state index in [1.165, 1.54) is 4.68 Å². The maximum atomic E-state index is 12.5. The van der Waals surface area contributed by atoms with Gasteiger partial charge in [0.15, 0.2) is 0 Å². The Morgan fingerprint density at radius 1 is 1.27 bits per heavy atom. The molecule has 3 aromatic rings. The highest BCUT2D eigenvalue weighted by molar-refractivity contribution is 5.93. The molecule has 9 heteroatoms. The smallest absolute Gasteiger partial charge is 0.435 e. The second-order valence-electron chi connectivity index (χ2n) is 8.20. The molecule has 0 radical (unpaired) electrons. The molecule has 0 saturated heterocycles. The first kappa shape index (κ1) is 21.8. The Balaban J connectivity index is 1.64. The highest BCUT2D eigenvalue weighted by Crippen LogP contribution is 2.29. The highest BCUT2D eigenvalue weighted by atomic mass is 16.6. The molecule has 2 aromatic heterocycles. The number of nitrogens with one attached hydrogen (secondary N) is 1. The summed E-state index contributed by atoms with van der Waals surface area (Å²) in [5.41, 5.74) is 1.53. The van der Waals surface area contributed by atoms with Gasteiger partial charge in [-0.25, -0.2) is 4.79 Å². The number of carbonyl (C=O) groups is 1. The molecule has 0 aliphatic rings. The van der Waals surface area contributed by atoms with Gasteiger partial charge in [-0.15, -0.1) is 0 Å². The molecule has 0 fully saturated rings. The molecule has 2 heterocycles. The fourth-order valence-corrected chi connectivity index (χ4v) is 3.05. The summed E-state index contributed by atoms with van der Waals surface area (Å²) in [6, 6.07) is 7.29. The topological polar surface area (TPSA) is 103 Å². The maximum Gasteiger partial charge on any atom is 0.435 e. The Hall–Kier alpha value is -2.91. The van der Waals surface area contributed by atoms with Crippen molar-refractivity contribution in [3.8, 4) is 5.75 Å². The van der Waals surface area contributed by atoms with Gasteiger partial charge < -0.3 is 19.9 Å². The number of aliphatic hydroxyl groups is 1. The van der Waals surface area contributed by atoms with Gasteiger partial charge in [-0.3, -0.25) is 4.68 Å². The monoisotopic (exact) mass is 415 g/mol. The molecule has 0 bridgehead atoms. The maximum absolute atomic E-state index is 12.5. The first-order chi connectivity index (χ1) is 14.1. The van der Waals surface area contributed by atoms with E-state index >= 15 is 0 Å². The van der Waals surface area contributed by atoms with Crippen molar-refractivity contribution in [1.29, 1.82) is 0 Å². The lowest BCUT2D eigenvalue weighted by Gasteiger charge is -2.19. The van der Waals surface area contributed by atoms with Crippen LogP contribution in [0, 0.1) is 6.92 Å². The third-order valence-corrected chi connectivity index (χ3v) is 4.30. The van der Waals surface area contributed by atoms with E-state index in [9.17, 15) is 9.90 Å². The van der Waals surface area contributed by atoms with Crippen molar-refractivity contribution in [3.05, 3.63) is 41.9 Å². The van der Waals surface area contributed by atoms with Crippen molar-refractivity contribution in [2.24, 2.45) is 7.05 Å². The van der Waals surface area contributed by atoms with Crippen LogP contribution < -0.4 is 10.1 Å². The minimum Gasteiger partial charge on any atom is -0.490 e. The third-order valence-electron chi connectivity index (χ3n) is 4.30. The fourth-order valence-electron chi connectivity index (χ4n) is 3.05. The Bertz CT molecular complexity index is 1020. The molecule has 2 N–H and O–H groups in total. The van der Waals surface area contributed by atoms with Gasteiger partial charge in [-0.1, -0.05) is 6.07 Å². The Morgan fingerprint density at radius 3 is 2.70 bits per heavy atom. The summed E-state index contributed by atoms with van der Waals surface area (Å²) in [5, 5.41) is 22.7. The molecule has 0 amide bonds. The van der Waals surface area contributed by atoms with Crippen LogP contribution in [0.5, 0.6) is 5.75 Å². The third kappa shape index (κ3) is 5.37. The predicted octanol–water partition coefficient (Wildman–Crippen LogP) is 2.39. The number of aryl methyl sites for hydroxylation is 2. The molecule has 0 aliphatic heterocycles. The molecule has 9 nitrogen and oxygen atoms in total. The van der Waals surface area contributed by atoms with E-state index in [-0.39, 0.29) is 6.61 Å². The van der Waals surface area contributed by atoms with Crippen LogP contribution in [0.1, 0.15) is 32.2 Å². The average molecular weight is 415 g/mol. The molecule has 1 unspecified atom stereocenters. The summed E-state index contributed by atoms with van der Waals surface area (Å²) in [6.45, 7) is 8.26. The second-order valence-corrected chi connectivity index (χ2v) is 8.20. The van der Waals surface area contributed by atoms with E-state index in [1.807, 2.05) is 19.3 Å². The zero-order chi connectivity index (χ0) is 21.9. The zero-order valence-corrected chi connectivity index (χ0v) is 18.0. The Labute approximate surface area is 175 Å². The summed E-state index contributed by atoms with van der Waals surface area (Å²) in [7, 11) is 1.86. The molecule has 3 rings (SSSR count). The number of carbonyl (C=O) groups excluding carboxylic acids is 1. The van der Waals surface area contributed by atoms with E-state index in [1.54, 1.807) is 50.6 Å². The number of hydrogen-bond acceptors (Lipinski definition) is 7. The molecule has 0 aliphatic carbocycles. The average Bonchev–Trinajstić information content (AvgIpc) is 3.22. The molecular formula is C21H29N5O4. The van der Waals surface area contributed by atoms with Crippen molar-refractivity contribution in [1.82, 2.24) is 24.9 Å². The lowest BCUT2D eigenvalue weighted by atomic mass is 10.2. The molecule has 1 atom stereocenters. The van der Waals surface area contributed by atoms with E-state index in [2.05, 4.69) is 15.5 Å².